The number of benzene rings is 1. The molecule has 0 aliphatic heterocycles. The molecule has 0 atom stereocenters. The zero-order chi connectivity index (χ0) is 11.7. The minimum absolute atomic E-state index is 0.108. The van der Waals surface area contributed by atoms with Gasteiger partial charge in [-0.3, -0.25) is 4.79 Å². The van der Waals surface area contributed by atoms with Gasteiger partial charge in [-0.15, -0.1) is 5.10 Å². The minimum atomic E-state index is -0.108. The van der Waals surface area contributed by atoms with Gasteiger partial charge in [0.2, 0.25) is 0 Å². The molecule has 0 unspecified atom stereocenters. The van der Waals surface area contributed by atoms with E-state index in [2.05, 4.69) is 32.9 Å². The van der Waals surface area contributed by atoms with E-state index in [0.717, 1.165) is 9.26 Å². The zero-order valence-corrected chi connectivity index (χ0v) is 11.2. The van der Waals surface area contributed by atoms with Crippen LogP contribution in [0.1, 0.15) is 17.4 Å². The number of carbonyl (C=O) groups excluding carboxylic acids is 1. The topological polar surface area (TPSA) is 47.8 Å². The first-order chi connectivity index (χ1) is 7.58. The summed E-state index contributed by atoms with van der Waals surface area (Å²) in [6, 6.07) is 5.53. The van der Waals surface area contributed by atoms with Crippen LogP contribution < -0.4 is 0 Å². The Balaban J connectivity index is 2.42. The third-order valence-electron chi connectivity index (χ3n) is 2.02. The highest BCUT2D eigenvalue weighted by atomic mass is 127. The van der Waals surface area contributed by atoms with Crippen molar-refractivity contribution in [2.24, 2.45) is 0 Å². The van der Waals surface area contributed by atoms with Crippen molar-refractivity contribution in [3.63, 3.8) is 0 Å². The van der Waals surface area contributed by atoms with Crippen LogP contribution in [0, 0.1) is 3.57 Å². The van der Waals surface area contributed by atoms with Crippen LogP contribution in [0.25, 0.3) is 5.69 Å². The molecule has 0 N–H and O–H groups in total. The largest absolute Gasteiger partial charge is 0.293 e. The van der Waals surface area contributed by atoms with E-state index >= 15 is 0 Å². The van der Waals surface area contributed by atoms with E-state index in [1.165, 1.54) is 11.6 Å². The quantitative estimate of drug-likeness (QED) is 0.620. The maximum Gasteiger partial charge on any atom is 0.181 e. The number of Topliss-reactive ketones (excluding diaryl/α,β-unsaturated/α-hetero) is 1. The molecule has 0 saturated carbocycles. The predicted molar refractivity (Wildman–Crippen MR) is 69.1 cm³/mol. The van der Waals surface area contributed by atoms with Crippen LogP contribution in [-0.2, 0) is 0 Å². The van der Waals surface area contributed by atoms with Gasteiger partial charge in [0.15, 0.2) is 5.78 Å². The lowest BCUT2D eigenvalue weighted by molar-refractivity contribution is 0.101. The molecule has 6 heteroatoms. The first-order valence-corrected chi connectivity index (χ1v) is 5.92. The van der Waals surface area contributed by atoms with Crippen molar-refractivity contribution >= 4 is 40.0 Å². The summed E-state index contributed by atoms with van der Waals surface area (Å²) in [6.07, 6.45) is 1.58. The highest BCUT2D eigenvalue weighted by Gasteiger charge is 2.07. The summed E-state index contributed by atoms with van der Waals surface area (Å²) >= 11 is 8.14. The third kappa shape index (κ3) is 2.25. The summed E-state index contributed by atoms with van der Waals surface area (Å²) in [4.78, 5) is 11.1. The van der Waals surface area contributed by atoms with Gasteiger partial charge in [0, 0.05) is 10.5 Å². The fraction of sp³-hybridized carbons (Fsp3) is 0.100. The van der Waals surface area contributed by atoms with Crippen molar-refractivity contribution < 1.29 is 4.79 Å². The Morgan fingerprint density at radius 2 is 2.25 bits per heavy atom. The maximum atomic E-state index is 11.1. The fourth-order valence-electron chi connectivity index (χ4n) is 1.18. The van der Waals surface area contributed by atoms with E-state index in [9.17, 15) is 4.79 Å². The zero-order valence-electron chi connectivity index (χ0n) is 8.32. The molecular formula is C10H7ClIN3O. The number of hydrogen-bond donors (Lipinski definition) is 0. The number of aromatic nitrogens is 3. The average molecular weight is 348 g/mol. The van der Waals surface area contributed by atoms with Gasteiger partial charge in [-0.1, -0.05) is 16.8 Å². The predicted octanol–water partition coefficient (Wildman–Crippen LogP) is 2.73. The molecule has 1 aromatic carbocycles. The number of ketones is 1. The molecule has 0 aliphatic carbocycles. The van der Waals surface area contributed by atoms with Gasteiger partial charge < -0.3 is 0 Å². The molecule has 16 heavy (non-hydrogen) atoms. The summed E-state index contributed by atoms with van der Waals surface area (Å²) in [6.45, 7) is 1.45. The second-order valence-electron chi connectivity index (χ2n) is 3.20. The van der Waals surface area contributed by atoms with Crippen molar-refractivity contribution in [1.29, 1.82) is 0 Å². The van der Waals surface area contributed by atoms with Crippen molar-refractivity contribution in [2.45, 2.75) is 6.92 Å². The standard InChI is InChI=1S/C10H7ClIN3O/c1-6(16)10-5-15(14-13-10)7-2-3-9(12)8(11)4-7/h2-5H,1H3. The van der Waals surface area contributed by atoms with E-state index in [1.807, 2.05) is 12.1 Å². The molecule has 2 aromatic rings. The van der Waals surface area contributed by atoms with Crippen LogP contribution in [0.4, 0.5) is 0 Å². The molecular weight excluding hydrogens is 340 g/mol. The summed E-state index contributed by atoms with van der Waals surface area (Å²) < 4.78 is 2.49. The van der Waals surface area contributed by atoms with Crippen LogP contribution >= 0.6 is 34.2 Å². The van der Waals surface area contributed by atoms with Crippen LogP contribution in [0.3, 0.4) is 0 Å². The maximum absolute atomic E-state index is 11.1. The molecule has 0 spiro atoms. The van der Waals surface area contributed by atoms with Gasteiger partial charge in [0.25, 0.3) is 0 Å². The fourth-order valence-corrected chi connectivity index (χ4v) is 1.69. The Bertz CT molecular complexity index is 553. The third-order valence-corrected chi connectivity index (χ3v) is 3.59. The van der Waals surface area contributed by atoms with E-state index < -0.39 is 0 Å². The van der Waals surface area contributed by atoms with Gasteiger partial charge in [-0.25, -0.2) is 4.68 Å². The van der Waals surface area contributed by atoms with Crippen molar-refractivity contribution in [2.75, 3.05) is 0 Å². The first-order valence-electron chi connectivity index (χ1n) is 4.46. The molecule has 82 valence electrons. The number of carbonyl (C=O) groups is 1. The SMILES string of the molecule is CC(=O)c1cn(-c2ccc(I)c(Cl)c2)nn1. The van der Waals surface area contributed by atoms with Crippen molar-refractivity contribution in [1.82, 2.24) is 15.0 Å². The number of hydrogen-bond acceptors (Lipinski definition) is 3. The molecule has 1 aromatic heterocycles. The lowest BCUT2D eigenvalue weighted by Crippen LogP contribution is -1.95. The lowest BCUT2D eigenvalue weighted by Gasteiger charge is -2.01. The second-order valence-corrected chi connectivity index (χ2v) is 4.77. The normalized spacial score (nSPS) is 10.4. The van der Waals surface area contributed by atoms with Crippen LogP contribution in [-0.4, -0.2) is 20.8 Å². The second kappa shape index (κ2) is 4.50. The molecule has 0 bridgehead atoms. The molecule has 2 rings (SSSR count). The van der Waals surface area contributed by atoms with Gasteiger partial charge in [0.05, 0.1) is 16.9 Å². The minimum Gasteiger partial charge on any atom is -0.293 e. The van der Waals surface area contributed by atoms with Crippen LogP contribution in [0.5, 0.6) is 0 Å². The summed E-state index contributed by atoms with van der Waals surface area (Å²) in [5.41, 5.74) is 1.13. The van der Waals surface area contributed by atoms with Crippen LogP contribution in [0.2, 0.25) is 5.02 Å². The Morgan fingerprint density at radius 3 is 2.81 bits per heavy atom. The van der Waals surface area contributed by atoms with Gasteiger partial charge in [-0.2, -0.15) is 0 Å². The Hall–Kier alpha value is -0.950. The molecule has 0 fully saturated rings. The van der Waals surface area contributed by atoms with E-state index in [4.69, 9.17) is 11.6 Å². The lowest BCUT2D eigenvalue weighted by atomic mass is 10.3. The summed E-state index contributed by atoms with van der Waals surface area (Å²) in [5.74, 6) is -0.108. The smallest absolute Gasteiger partial charge is 0.181 e. The molecule has 0 aliphatic rings. The number of rotatable bonds is 2. The Kier molecular flexibility index (Phi) is 3.25. The van der Waals surface area contributed by atoms with Crippen LogP contribution in [0.15, 0.2) is 24.4 Å². The van der Waals surface area contributed by atoms with Crippen molar-refractivity contribution in [3.8, 4) is 5.69 Å². The summed E-state index contributed by atoms with van der Waals surface area (Å²) in [5, 5.41) is 8.28. The van der Waals surface area contributed by atoms with E-state index in [0.29, 0.717) is 10.7 Å². The number of nitrogens with zero attached hydrogens (tertiary/aromatic N) is 3. The molecule has 0 radical (unpaired) electrons. The van der Waals surface area contributed by atoms with E-state index in [1.54, 1.807) is 12.3 Å². The number of halogens is 2. The molecule has 1 heterocycles. The Morgan fingerprint density at radius 1 is 1.50 bits per heavy atom. The average Bonchev–Trinajstić information content (AvgIpc) is 2.71. The molecule has 4 nitrogen and oxygen atoms in total. The van der Waals surface area contributed by atoms with Gasteiger partial charge in [0.1, 0.15) is 5.69 Å². The van der Waals surface area contributed by atoms with Gasteiger partial charge >= 0.3 is 0 Å². The van der Waals surface area contributed by atoms with E-state index in [-0.39, 0.29) is 5.78 Å². The van der Waals surface area contributed by atoms with Crippen molar-refractivity contribution in [3.05, 3.63) is 38.7 Å². The van der Waals surface area contributed by atoms with Gasteiger partial charge in [-0.05, 0) is 40.8 Å². The highest BCUT2D eigenvalue weighted by molar-refractivity contribution is 14.1. The first kappa shape index (κ1) is 11.5. The highest BCUT2D eigenvalue weighted by Crippen LogP contribution is 2.21. The molecule has 0 amide bonds. The monoisotopic (exact) mass is 347 g/mol. The molecule has 0 saturated heterocycles. The Labute approximate surface area is 111 Å². The summed E-state index contributed by atoms with van der Waals surface area (Å²) in [7, 11) is 0.